The van der Waals surface area contributed by atoms with Gasteiger partial charge >= 0.3 is 0 Å². The fourth-order valence-corrected chi connectivity index (χ4v) is 1.15. The number of hydrogen-bond acceptors (Lipinski definition) is 3. The molecule has 0 aliphatic rings. The Morgan fingerprint density at radius 2 is 1.71 bits per heavy atom. The number of nitrogens with one attached hydrogen (secondary N) is 1. The molecule has 0 rings (SSSR count). The van der Waals surface area contributed by atoms with E-state index in [1.54, 1.807) is 21.0 Å². The third kappa shape index (κ3) is 10.6. The minimum atomic E-state index is -2.85. The summed E-state index contributed by atoms with van der Waals surface area (Å²) in [5, 5.41) is 0. The Morgan fingerprint density at radius 1 is 1.36 bits per heavy atom. The van der Waals surface area contributed by atoms with E-state index in [0.29, 0.717) is 6.61 Å². The van der Waals surface area contributed by atoms with Crippen LogP contribution in [0.4, 0.5) is 0 Å². The minimum Gasteiger partial charge on any atom is -0.789 e. The summed E-state index contributed by atoms with van der Waals surface area (Å²) in [6.45, 7) is 2.70. The minimum absolute atomic E-state index is 0.402. The van der Waals surface area contributed by atoms with Gasteiger partial charge in [-0.3, -0.25) is 4.67 Å². The van der Waals surface area contributed by atoms with Crippen LogP contribution < -0.4 is 9.79 Å². The molecular weight excluding hydrogens is 219 g/mol. The second kappa shape index (κ2) is 8.77. The molecule has 0 bridgehead atoms. The summed E-state index contributed by atoms with van der Waals surface area (Å²) in [7, 11) is 7.56. The Bertz CT molecular complexity index is 177. The maximum Gasteiger partial charge on any atom is 0.0738 e. The lowest BCUT2D eigenvalue weighted by Crippen LogP contribution is -3.05. The molecule has 14 heavy (non-hydrogen) atoms. The monoisotopic (exact) mass is 242 g/mol. The number of quaternary nitrogens is 1. The highest BCUT2D eigenvalue weighted by molar-refractivity contribution is 8.07. The van der Waals surface area contributed by atoms with Crippen molar-refractivity contribution < 1.29 is 14.3 Å². The molecule has 0 heterocycles. The highest BCUT2D eigenvalue weighted by Crippen LogP contribution is 2.38. The quantitative estimate of drug-likeness (QED) is 0.663. The third-order valence-electron chi connectivity index (χ3n) is 1.49. The first-order valence-corrected chi connectivity index (χ1v) is 7.29. The van der Waals surface area contributed by atoms with Crippen molar-refractivity contribution in [2.24, 2.45) is 0 Å². The summed E-state index contributed by atoms with van der Waals surface area (Å²) in [5.41, 5.74) is 0. The van der Waals surface area contributed by atoms with Crippen LogP contribution in [0.3, 0.4) is 0 Å². The molecule has 0 aromatic rings. The summed E-state index contributed by atoms with van der Waals surface area (Å²) in [6, 6.07) is 0. The smallest absolute Gasteiger partial charge is 0.0738 e. The molecule has 6 heteroatoms. The van der Waals surface area contributed by atoms with Crippen molar-refractivity contribution in [2.75, 3.05) is 41.3 Å². The Labute approximate surface area is 93.1 Å². The van der Waals surface area contributed by atoms with Gasteiger partial charge in [0.25, 0.3) is 0 Å². The standard InChI is InChI=1S/C4H12NO2PS.C4H11N/c1-4-7-8(6,9)5(2)3;1-4-5(2)3/h4H2,1-3H3,(H,6,9);4H2,1-3H3. The van der Waals surface area contributed by atoms with Crippen LogP contribution in [-0.2, 0) is 16.3 Å². The molecule has 1 N–H and O–H groups in total. The van der Waals surface area contributed by atoms with Crippen LogP contribution in [0.15, 0.2) is 0 Å². The molecule has 1 atom stereocenters. The van der Waals surface area contributed by atoms with Gasteiger partial charge in [-0.15, -0.1) is 0 Å². The van der Waals surface area contributed by atoms with Crippen molar-refractivity contribution in [1.82, 2.24) is 4.67 Å². The Hall–Kier alpha value is 0.490. The molecule has 1 unspecified atom stereocenters. The van der Waals surface area contributed by atoms with Gasteiger partial charge in [0.2, 0.25) is 0 Å². The molecule has 0 aromatic heterocycles. The van der Waals surface area contributed by atoms with Crippen molar-refractivity contribution in [2.45, 2.75) is 13.8 Å². The Balaban J connectivity index is 0. The molecule has 0 aliphatic carbocycles. The number of nitrogens with zero attached hydrogens (tertiary/aromatic N) is 1. The highest BCUT2D eigenvalue weighted by atomic mass is 32.5. The van der Waals surface area contributed by atoms with Crippen molar-refractivity contribution in [3.8, 4) is 0 Å². The predicted octanol–water partition coefficient (Wildman–Crippen LogP) is -0.680. The lowest BCUT2D eigenvalue weighted by atomic mass is 10.7. The maximum absolute atomic E-state index is 11.0. The van der Waals surface area contributed by atoms with Crippen molar-refractivity contribution in [3.63, 3.8) is 0 Å². The fourth-order valence-electron chi connectivity index (χ4n) is 0.279. The number of hydrogen-bond donors (Lipinski definition) is 1. The molecule has 0 radical (unpaired) electrons. The van der Waals surface area contributed by atoms with Crippen LogP contribution in [0.2, 0.25) is 0 Å². The molecule has 0 saturated carbocycles. The van der Waals surface area contributed by atoms with E-state index in [4.69, 9.17) is 4.52 Å². The largest absolute Gasteiger partial charge is 0.789 e. The molecular formula is C8H23N2O2PS. The van der Waals surface area contributed by atoms with Gasteiger partial charge in [-0.25, -0.2) is 0 Å². The van der Waals surface area contributed by atoms with Crippen molar-refractivity contribution >= 4 is 18.4 Å². The van der Waals surface area contributed by atoms with E-state index < -0.39 is 6.64 Å². The zero-order valence-corrected chi connectivity index (χ0v) is 11.7. The first kappa shape index (κ1) is 16.9. The Kier molecular flexibility index (Phi) is 10.6. The topological polar surface area (TPSA) is 40.0 Å². The normalized spacial score (nSPS) is 14.9. The summed E-state index contributed by atoms with van der Waals surface area (Å²) >= 11 is 4.63. The molecule has 0 fully saturated rings. The van der Waals surface area contributed by atoms with E-state index in [1.165, 1.54) is 16.1 Å². The van der Waals surface area contributed by atoms with E-state index in [1.807, 2.05) is 0 Å². The van der Waals surface area contributed by atoms with Crippen molar-refractivity contribution in [3.05, 3.63) is 0 Å². The zero-order chi connectivity index (χ0) is 11.8. The van der Waals surface area contributed by atoms with Crippen LogP contribution in [-0.4, -0.2) is 46.0 Å². The van der Waals surface area contributed by atoms with Crippen molar-refractivity contribution in [1.29, 1.82) is 0 Å². The van der Waals surface area contributed by atoms with E-state index >= 15 is 0 Å². The van der Waals surface area contributed by atoms with Gasteiger partial charge in [0.15, 0.2) is 0 Å². The first-order chi connectivity index (χ1) is 6.27. The molecule has 0 amide bonds. The predicted molar refractivity (Wildman–Crippen MR) is 62.9 cm³/mol. The maximum atomic E-state index is 11.0. The molecule has 0 spiro atoms. The fraction of sp³-hybridized carbons (Fsp3) is 1.00. The molecule has 0 aromatic carbocycles. The van der Waals surface area contributed by atoms with Crippen LogP contribution in [0, 0.1) is 0 Å². The zero-order valence-electron chi connectivity index (χ0n) is 10.0. The molecule has 0 saturated heterocycles. The van der Waals surface area contributed by atoms with E-state index in [-0.39, 0.29) is 0 Å². The first-order valence-electron chi connectivity index (χ1n) is 4.70. The lowest BCUT2D eigenvalue weighted by molar-refractivity contribution is -0.856. The SMILES string of the molecule is CCOP([O-])(=S)N(C)C.CC[NH+](C)C. The van der Waals surface area contributed by atoms with E-state index in [2.05, 4.69) is 32.8 Å². The van der Waals surface area contributed by atoms with Gasteiger partial charge in [-0.05, 0) is 27.9 Å². The van der Waals surface area contributed by atoms with Gasteiger partial charge in [0.05, 0.1) is 27.3 Å². The lowest BCUT2D eigenvalue weighted by Gasteiger charge is -2.33. The second-order valence-electron chi connectivity index (χ2n) is 3.29. The average molecular weight is 242 g/mol. The summed E-state index contributed by atoms with van der Waals surface area (Å²) in [4.78, 5) is 12.5. The van der Waals surface area contributed by atoms with Crippen LogP contribution in [0.5, 0.6) is 0 Å². The third-order valence-corrected chi connectivity index (χ3v) is 4.35. The van der Waals surface area contributed by atoms with Gasteiger partial charge in [-0.1, -0.05) is 11.8 Å². The average Bonchev–Trinajstić information content (AvgIpc) is 2.05. The van der Waals surface area contributed by atoms with Crippen LogP contribution in [0.25, 0.3) is 0 Å². The molecule has 88 valence electrons. The summed E-state index contributed by atoms with van der Waals surface area (Å²) < 4.78 is 6.21. The summed E-state index contributed by atoms with van der Waals surface area (Å²) in [6.07, 6.45) is 0. The molecule has 4 nitrogen and oxygen atoms in total. The highest BCUT2D eigenvalue weighted by Gasteiger charge is 2.02. The Morgan fingerprint density at radius 3 is 1.79 bits per heavy atom. The van der Waals surface area contributed by atoms with Gasteiger partial charge in [-0.2, -0.15) is 0 Å². The number of rotatable bonds is 4. The van der Waals surface area contributed by atoms with Gasteiger partial charge in [0, 0.05) is 6.61 Å². The van der Waals surface area contributed by atoms with Gasteiger partial charge in [0.1, 0.15) is 0 Å². The van der Waals surface area contributed by atoms with E-state index in [9.17, 15) is 4.89 Å². The van der Waals surface area contributed by atoms with Crippen LogP contribution in [0.1, 0.15) is 13.8 Å². The van der Waals surface area contributed by atoms with Crippen LogP contribution >= 0.6 is 6.64 Å². The van der Waals surface area contributed by atoms with Gasteiger partial charge < -0.3 is 14.3 Å². The molecule has 0 aliphatic heterocycles. The summed E-state index contributed by atoms with van der Waals surface area (Å²) in [5.74, 6) is 0. The second-order valence-corrected chi connectivity index (χ2v) is 6.67. The van der Waals surface area contributed by atoms with E-state index in [0.717, 1.165) is 0 Å².